The molecule has 1 atom stereocenters. The van der Waals surface area contributed by atoms with Gasteiger partial charge in [-0.25, -0.2) is 18.2 Å². The molecule has 67 heavy (non-hydrogen) atoms. The van der Waals surface area contributed by atoms with E-state index in [2.05, 4.69) is 41.9 Å². The SMILES string of the molecule is Cc1cc(Nc2ncc(Cl)c(Nc3ccccc3S(=O)(=O)C(C)C)n2)c(OC(C)C)cc1C1CCN(C(=O)NCCNC(=O)CNc2cccc3c2C(=O)N(C2CCC(=O)NC2=O)C3=O)CC1. The molecule has 6 N–H and O–H groups in total. The first kappa shape index (κ1) is 48.1. The monoisotopic (exact) mass is 956 g/mol. The number of nitrogens with zero attached hydrogens (tertiary/aromatic N) is 4. The van der Waals surface area contributed by atoms with Crippen molar-refractivity contribution in [2.45, 2.75) is 88.5 Å². The molecule has 19 nitrogen and oxygen atoms in total. The Balaban J connectivity index is 0.900. The summed E-state index contributed by atoms with van der Waals surface area (Å²) >= 11 is 6.49. The van der Waals surface area contributed by atoms with E-state index in [4.69, 9.17) is 16.3 Å². The maximum atomic E-state index is 13.3. The molecule has 3 aliphatic rings. The number of hydrogen-bond donors (Lipinski definition) is 6. The van der Waals surface area contributed by atoms with Crippen molar-refractivity contribution in [2.75, 3.05) is 48.7 Å². The molecule has 3 aliphatic heterocycles. The van der Waals surface area contributed by atoms with Crippen LogP contribution in [-0.4, -0.2) is 114 Å². The molecule has 7 rings (SSSR count). The van der Waals surface area contributed by atoms with Crippen LogP contribution in [0.3, 0.4) is 0 Å². The molecular formula is C46H53ClN10O9S. The first-order valence-corrected chi connectivity index (χ1v) is 23.9. The van der Waals surface area contributed by atoms with Crippen LogP contribution in [0.2, 0.25) is 5.02 Å². The predicted molar refractivity (Wildman–Crippen MR) is 251 cm³/mol. The van der Waals surface area contributed by atoms with Crippen LogP contribution in [0.25, 0.3) is 0 Å². The maximum absolute atomic E-state index is 13.3. The van der Waals surface area contributed by atoms with Gasteiger partial charge in [0.25, 0.3) is 11.8 Å². The van der Waals surface area contributed by atoms with Crippen molar-refractivity contribution in [3.05, 3.63) is 88.1 Å². The van der Waals surface area contributed by atoms with Gasteiger partial charge in [-0.1, -0.05) is 29.8 Å². The van der Waals surface area contributed by atoms with E-state index in [-0.39, 0.29) is 89.0 Å². The summed E-state index contributed by atoms with van der Waals surface area (Å²) < 4.78 is 32.4. The number of aromatic nitrogens is 2. The van der Waals surface area contributed by atoms with E-state index in [9.17, 15) is 37.2 Å². The van der Waals surface area contributed by atoms with E-state index in [1.165, 1.54) is 18.3 Å². The summed E-state index contributed by atoms with van der Waals surface area (Å²) in [5.74, 6) is -1.77. The van der Waals surface area contributed by atoms with Gasteiger partial charge in [-0.2, -0.15) is 4.98 Å². The van der Waals surface area contributed by atoms with E-state index >= 15 is 0 Å². The number of likely N-dealkylation sites (tertiary alicyclic amines) is 1. The number of carbonyl (C=O) groups excluding carboxylic acids is 6. The van der Waals surface area contributed by atoms with Gasteiger partial charge in [-0.15, -0.1) is 0 Å². The second kappa shape index (κ2) is 20.4. The maximum Gasteiger partial charge on any atom is 0.317 e. The number of urea groups is 1. The fraction of sp³-hybridized carbons (Fsp3) is 0.391. The number of ether oxygens (including phenoxy) is 1. The topological polar surface area (TPSA) is 250 Å². The summed E-state index contributed by atoms with van der Waals surface area (Å²) in [6.07, 6.45) is 2.71. The number of aryl methyl sites for hydroxylation is 1. The first-order valence-electron chi connectivity index (χ1n) is 22.0. The summed E-state index contributed by atoms with van der Waals surface area (Å²) in [4.78, 5) is 88.1. The normalized spacial score (nSPS) is 16.5. The van der Waals surface area contributed by atoms with E-state index in [1.54, 1.807) is 49.1 Å². The molecule has 0 spiro atoms. The molecule has 3 aromatic carbocycles. The quantitative estimate of drug-likeness (QED) is 0.0607. The van der Waals surface area contributed by atoms with Gasteiger partial charge in [0.2, 0.25) is 23.7 Å². The molecule has 0 bridgehead atoms. The Morgan fingerprint density at radius 3 is 2.33 bits per heavy atom. The number of rotatable bonds is 16. The Hall–Kier alpha value is -6.80. The third kappa shape index (κ3) is 10.8. The molecule has 2 fully saturated rings. The highest BCUT2D eigenvalue weighted by atomic mass is 35.5. The van der Waals surface area contributed by atoms with Gasteiger partial charge in [0, 0.05) is 38.3 Å². The van der Waals surface area contributed by atoms with Crippen molar-refractivity contribution < 1.29 is 41.9 Å². The number of hydrogen-bond acceptors (Lipinski definition) is 14. The van der Waals surface area contributed by atoms with Crippen molar-refractivity contribution in [2.24, 2.45) is 0 Å². The Bertz CT molecular complexity index is 2730. The van der Waals surface area contributed by atoms with Crippen LogP contribution in [0, 0.1) is 6.92 Å². The zero-order valence-electron chi connectivity index (χ0n) is 37.7. The first-order chi connectivity index (χ1) is 31.9. The van der Waals surface area contributed by atoms with Gasteiger partial charge in [-0.05, 0) is 107 Å². The summed E-state index contributed by atoms with van der Waals surface area (Å²) in [6.45, 7) is 10.2. The Kier molecular flexibility index (Phi) is 14.6. The molecule has 21 heteroatoms. The zero-order chi connectivity index (χ0) is 48.2. The molecule has 0 radical (unpaired) electrons. The van der Waals surface area contributed by atoms with Gasteiger partial charge in [0.05, 0.1) is 51.5 Å². The zero-order valence-corrected chi connectivity index (χ0v) is 39.3. The number of amides is 7. The Labute approximate surface area is 393 Å². The van der Waals surface area contributed by atoms with E-state index in [0.29, 0.717) is 43.1 Å². The summed E-state index contributed by atoms with van der Waals surface area (Å²) in [5.41, 5.74) is 3.44. The van der Waals surface area contributed by atoms with E-state index in [1.807, 2.05) is 32.9 Å². The minimum absolute atomic E-state index is 0.000703. The van der Waals surface area contributed by atoms with Crippen molar-refractivity contribution in [1.82, 2.24) is 35.7 Å². The lowest BCUT2D eigenvalue weighted by atomic mass is 9.86. The molecule has 2 saturated heterocycles. The summed E-state index contributed by atoms with van der Waals surface area (Å²) in [6, 6.07) is 13.8. The number of piperidine rings is 2. The van der Waals surface area contributed by atoms with Gasteiger partial charge in [0.1, 0.15) is 16.8 Å². The number of anilines is 5. The Morgan fingerprint density at radius 2 is 1.61 bits per heavy atom. The molecule has 1 unspecified atom stereocenters. The van der Waals surface area contributed by atoms with Crippen molar-refractivity contribution in [3.63, 3.8) is 0 Å². The van der Waals surface area contributed by atoms with E-state index < -0.39 is 50.7 Å². The number of imide groups is 2. The molecule has 354 valence electrons. The second-order valence-corrected chi connectivity index (χ2v) is 19.9. The van der Waals surface area contributed by atoms with E-state index in [0.717, 1.165) is 16.0 Å². The molecule has 4 heterocycles. The number of fused-ring (bicyclic) bond motifs is 1. The lowest BCUT2D eigenvalue weighted by Gasteiger charge is -2.33. The molecule has 7 amide bonds. The van der Waals surface area contributed by atoms with Crippen LogP contribution in [0.15, 0.2) is 65.7 Å². The predicted octanol–water partition coefficient (Wildman–Crippen LogP) is 5.41. The van der Waals surface area contributed by atoms with Gasteiger partial charge < -0.3 is 36.2 Å². The van der Waals surface area contributed by atoms with Crippen molar-refractivity contribution in [1.29, 1.82) is 0 Å². The number of halogens is 1. The number of benzene rings is 3. The largest absolute Gasteiger partial charge is 0.489 e. The fourth-order valence-corrected chi connectivity index (χ4v) is 9.54. The van der Waals surface area contributed by atoms with Gasteiger partial charge in [0.15, 0.2) is 15.7 Å². The minimum atomic E-state index is -3.61. The lowest BCUT2D eigenvalue weighted by molar-refractivity contribution is -0.136. The van der Waals surface area contributed by atoms with Gasteiger partial charge >= 0.3 is 6.03 Å². The number of carbonyl (C=O) groups is 6. The number of nitrogens with one attached hydrogen (secondary N) is 6. The molecular weight excluding hydrogens is 904 g/mol. The summed E-state index contributed by atoms with van der Waals surface area (Å²) in [7, 11) is -3.61. The molecule has 0 aliphatic carbocycles. The number of para-hydroxylation sites is 1. The standard InChI is InChI=1S/C46H53ClN10O9S/c1-25(2)66-36-22-30(27(5)21-34(36)53-45-51-23-31(47)41(55-45)52-32-10-6-7-12-37(32)67(64,65)26(3)4)28-15-19-56(20-16-28)46(63)49-18-17-48-39(59)24-50-33-11-8-9-29-40(33)44(62)57(43(29)61)35-13-14-38(58)54-42(35)60/h6-12,21-23,25-26,28,35,50H,13-20,24H2,1-5H3,(H,48,59)(H,49,63)(H,54,58,60)(H2,51,52,53,55). The van der Waals surface area contributed by atoms with Crippen LogP contribution >= 0.6 is 11.6 Å². The average Bonchev–Trinajstić information content (AvgIpc) is 3.54. The molecule has 4 aromatic rings. The van der Waals surface area contributed by atoms with Crippen molar-refractivity contribution in [3.8, 4) is 5.75 Å². The van der Waals surface area contributed by atoms with Crippen LogP contribution in [0.5, 0.6) is 5.75 Å². The van der Waals surface area contributed by atoms with Crippen LogP contribution in [0.4, 0.5) is 33.6 Å². The smallest absolute Gasteiger partial charge is 0.317 e. The van der Waals surface area contributed by atoms with Crippen LogP contribution < -0.4 is 36.6 Å². The molecule has 0 saturated carbocycles. The highest BCUT2D eigenvalue weighted by Crippen LogP contribution is 2.39. The van der Waals surface area contributed by atoms with Crippen LogP contribution in [-0.2, 0) is 24.2 Å². The fourth-order valence-electron chi connectivity index (χ4n) is 8.20. The third-order valence-corrected chi connectivity index (χ3v) is 14.1. The Morgan fingerprint density at radius 1 is 0.896 bits per heavy atom. The average molecular weight is 958 g/mol. The van der Waals surface area contributed by atoms with Gasteiger partial charge in [-0.3, -0.25) is 34.2 Å². The van der Waals surface area contributed by atoms with Crippen LogP contribution in [0.1, 0.15) is 91.1 Å². The molecule has 1 aromatic heterocycles. The third-order valence-electron chi connectivity index (χ3n) is 11.6. The summed E-state index contributed by atoms with van der Waals surface area (Å²) in [5, 5.41) is 16.6. The minimum Gasteiger partial charge on any atom is -0.489 e. The number of sulfone groups is 1. The van der Waals surface area contributed by atoms with Crippen molar-refractivity contribution >= 4 is 85.8 Å². The second-order valence-electron chi connectivity index (χ2n) is 17.0. The highest BCUT2D eigenvalue weighted by Gasteiger charge is 2.45. The lowest BCUT2D eigenvalue weighted by Crippen LogP contribution is -2.54. The highest BCUT2D eigenvalue weighted by molar-refractivity contribution is 7.92.